The van der Waals surface area contributed by atoms with Gasteiger partial charge in [-0.3, -0.25) is 9.21 Å². The summed E-state index contributed by atoms with van der Waals surface area (Å²) in [7, 11) is -5.68. The van der Waals surface area contributed by atoms with Crippen LogP contribution in [0, 0.1) is 0 Å². The standard InChI is InChI=1S/C24H30F2N6O5S2/c1-29(12-13-30-14-16-31(17-15-30)38(2,33)34)39(35,36)32(21-6-4-3-5-7-21)18-19-8-10-20(11-9-19)23-27-28-24(37-23)22(25)26/h3-11,22H,12-18H2,1-2H3. The first-order valence-electron chi connectivity index (χ1n) is 12.1. The molecule has 1 saturated heterocycles. The molecule has 3 aromatic rings. The molecule has 0 N–H and O–H groups in total. The molecule has 0 saturated carbocycles. The Morgan fingerprint density at radius 1 is 0.949 bits per heavy atom. The van der Waals surface area contributed by atoms with Crippen LogP contribution in [0.4, 0.5) is 14.5 Å². The van der Waals surface area contributed by atoms with Gasteiger partial charge in [0.15, 0.2) is 0 Å². The van der Waals surface area contributed by atoms with Gasteiger partial charge in [0.25, 0.3) is 5.89 Å². The number of aromatic nitrogens is 2. The number of para-hydroxylation sites is 1. The van der Waals surface area contributed by atoms with Crippen molar-refractivity contribution in [1.29, 1.82) is 0 Å². The van der Waals surface area contributed by atoms with Gasteiger partial charge < -0.3 is 4.42 Å². The highest BCUT2D eigenvalue weighted by molar-refractivity contribution is 7.90. The predicted molar refractivity (Wildman–Crippen MR) is 142 cm³/mol. The summed E-state index contributed by atoms with van der Waals surface area (Å²) in [4.78, 5) is 2.04. The number of piperazine rings is 1. The Hall–Kier alpha value is -2.98. The monoisotopic (exact) mass is 584 g/mol. The number of likely N-dealkylation sites (N-methyl/N-ethyl adjacent to an activating group) is 1. The summed E-state index contributed by atoms with van der Waals surface area (Å²) in [5, 5.41) is 6.96. The Kier molecular flexibility index (Phi) is 8.96. The van der Waals surface area contributed by atoms with Gasteiger partial charge in [0.2, 0.25) is 15.9 Å². The molecule has 1 fully saturated rings. The predicted octanol–water partition coefficient (Wildman–Crippen LogP) is 2.43. The first-order valence-corrected chi connectivity index (χ1v) is 15.4. The maximum Gasteiger partial charge on any atom is 0.314 e. The van der Waals surface area contributed by atoms with Crippen molar-refractivity contribution in [2.24, 2.45) is 0 Å². The van der Waals surface area contributed by atoms with Crippen LogP contribution in [0.15, 0.2) is 59.0 Å². The van der Waals surface area contributed by atoms with Gasteiger partial charge in [-0.15, -0.1) is 10.2 Å². The average Bonchev–Trinajstić information content (AvgIpc) is 3.42. The van der Waals surface area contributed by atoms with Crippen LogP contribution in [0.5, 0.6) is 0 Å². The highest BCUT2D eigenvalue weighted by Crippen LogP contribution is 2.26. The average molecular weight is 585 g/mol. The van der Waals surface area contributed by atoms with E-state index in [0.29, 0.717) is 49.5 Å². The number of sulfonamides is 1. The molecule has 0 unspecified atom stereocenters. The lowest BCUT2D eigenvalue weighted by Gasteiger charge is -2.35. The van der Waals surface area contributed by atoms with Crippen molar-refractivity contribution in [2.45, 2.75) is 13.0 Å². The molecule has 1 aromatic heterocycles. The molecule has 1 aliphatic rings. The van der Waals surface area contributed by atoms with Crippen molar-refractivity contribution in [2.75, 3.05) is 56.9 Å². The fraction of sp³-hybridized carbons (Fsp3) is 0.417. The van der Waals surface area contributed by atoms with E-state index >= 15 is 0 Å². The number of alkyl halides is 2. The van der Waals surface area contributed by atoms with Crippen LogP contribution in [0.25, 0.3) is 11.5 Å². The first-order chi connectivity index (χ1) is 18.4. The molecule has 1 aliphatic heterocycles. The van der Waals surface area contributed by atoms with E-state index in [9.17, 15) is 25.6 Å². The van der Waals surface area contributed by atoms with Gasteiger partial charge in [-0.1, -0.05) is 30.3 Å². The Balaban J connectivity index is 1.46. The molecule has 0 bridgehead atoms. The van der Waals surface area contributed by atoms with Gasteiger partial charge >= 0.3 is 16.6 Å². The zero-order chi connectivity index (χ0) is 28.2. The SMILES string of the molecule is CN(CCN1CCN(S(C)(=O)=O)CC1)S(=O)(=O)N(Cc1ccc(-c2nnc(C(F)F)o2)cc1)c1ccccc1. The molecule has 0 radical (unpaired) electrons. The maximum atomic E-state index is 13.7. The zero-order valence-corrected chi connectivity index (χ0v) is 23.2. The van der Waals surface area contributed by atoms with Gasteiger partial charge in [-0.2, -0.15) is 25.8 Å². The van der Waals surface area contributed by atoms with E-state index in [1.165, 1.54) is 26.2 Å². The summed E-state index contributed by atoms with van der Waals surface area (Å²) in [6, 6.07) is 15.3. The highest BCUT2D eigenvalue weighted by atomic mass is 32.2. The van der Waals surface area contributed by atoms with Crippen molar-refractivity contribution >= 4 is 25.9 Å². The van der Waals surface area contributed by atoms with Crippen LogP contribution in [0.2, 0.25) is 0 Å². The van der Waals surface area contributed by atoms with Crippen molar-refractivity contribution in [3.8, 4) is 11.5 Å². The molecule has 39 heavy (non-hydrogen) atoms. The number of rotatable bonds is 11. The third kappa shape index (κ3) is 7.16. The molecule has 4 rings (SSSR count). The largest absolute Gasteiger partial charge is 0.415 e. The van der Waals surface area contributed by atoms with E-state index in [0.717, 1.165) is 0 Å². The van der Waals surface area contributed by atoms with Gasteiger partial charge in [-0.05, 0) is 29.8 Å². The van der Waals surface area contributed by atoms with Gasteiger partial charge in [0.1, 0.15) is 0 Å². The van der Waals surface area contributed by atoms with Gasteiger partial charge in [-0.25, -0.2) is 8.42 Å². The summed E-state index contributed by atoms with van der Waals surface area (Å²) >= 11 is 0. The Morgan fingerprint density at radius 3 is 2.15 bits per heavy atom. The van der Waals surface area contributed by atoms with E-state index in [4.69, 9.17) is 4.42 Å². The van der Waals surface area contributed by atoms with Crippen molar-refractivity contribution in [3.05, 3.63) is 66.1 Å². The lowest BCUT2D eigenvalue weighted by molar-refractivity contribution is 0.116. The fourth-order valence-corrected chi connectivity index (χ4v) is 6.28. The summed E-state index contributed by atoms with van der Waals surface area (Å²) < 4.78 is 85.4. The molecular formula is C24H30F2N6O5S2. The normalized spacial score (nSPS) is 15.7. The van der Waals surface area contributed by atoms with Crippen molar-refractivity contribution in [1.82, 2.24) is 23.7 Å². The third-order valence-electron chi connectivity index (χ3n) is 6.40. The van der Waals surface area contributed by atoms with Crippen molar-refractivity contribution < 1.29 is 30.0 Å². The van der Waals surface area contributed by atoms with E-state index in [1.54, 1.807) is 54.6 Å². The van der Waals surface area contributed by atoms with Crippen LogP contribution in [-0.4, -0.2) is 93.1 Å². The van der Waals surface area contributed by atoms with E-state index < -0.39 is 32.5 Å². The van der Waals surface area contributed by atoms with Crippen LogP contribution < -0.4 is 4.31 Å². The van der Waals surface area contributed by atoms with E-state index in [-0.39, 0.29) is 19.0 Å². The van der Waals surface area contributed by atoms with E-state index in [2.05, 4.69) is 10.2 Å². The number of hydrogen-bond donors (Lipinski definition) is 0. The summed E-state index contributed by atoms with van der Waals surface area (Å²) in [6.45, 7) is 2.48. The number of hydrogen-bond acceptors (Lipinski definition) is 8. The molecule has 2 heterocycles. The molecule has 0 aliphatic carbocycles. The van der Waals surface area contributed by atoms with Crippen LogP contribution in [0.1, 0.15) is 17.9 Å². The van der Waals surface area contributed by atoms with Crippen molar-refractivity contribution in [3.63, 3.8) is 0 Å². The van der Waals surface area contributed by atoms with E-state index in [1.807, 2.05) is 4.90 Å². The van der Waals surface area contributed by atoms with Crippen LogP contribution in [-0.2, 0) is 26.8 Å². The molecule has 212 valence electrons. The maximum absolute atomic E-state index is 13.7. The summed E-state index contributed by atoms with van der Waals surface area (Å²) in [5.41, 5.74) is 1.57. The smallest absolute Gasteiger partial charge is 0.314 e. The molecule has 0 atom stereocenters. The second kappa shape index (κ2) is 12.0. The zero-order valence-electron chi connectivity index (χ0n) is 21.5. The molecule has 15 heteroatoms. The van der Waals surface area contributed by atoms with Gasteiger partial charge in [0, 0.05) is 51.9 Å². The third-order valence-corrected chi connectivity index (χ3v) is 9.57. The fourth-order valence-electron chi connectivity index (χ4n) is 4.11. The molecular weight excluding hydrogens is 554 g/mol. The topological polar surface area (TPSA) is 120 Å². The van der Waals surface area contributed by atoms with Crippen LogP contribution in [0.3, 0.4) is 0 Å². The second-order valence-corrected chi connectivity index (χ2v) is 13.1. The number of nitrogens with zero attached hydrogens (tertiary/aromatic N) is 6. The Bertz CT molecular complexity index is 1450. The molecule has 0 spiro atoms. The number of benzene rings is 2. The summed E-state index contributed by atoms with van der Waals surface area (Å²) in [5.74, 6) is -0.822. The Labute approximate surface area is 226 Å². The lowest BCUT2D eigenvalue weighted by Crippen LogP contribution is -2.51. The van der Waals surface area contributed by atoms with Gasteiger partial charge in [0.05, 0.1) is 18.5 Å². The second-order valence-electron chi connectivity index (χ2n) is 9.12. The quantitative estimate of drug-likeness (QED) is 0.337. The Morgan fingerprint density at radius 2 is 1.59 bits per heavy atom. The van der Waals surface area contributed by atoms with Crippen LogP contribution >= 0.6 is 0 Å². The minimum Gasteiger partial charge on any atom is -0.415 e. The molecule has 11 nitrogen and oxygen atoms in total. The highest BCUT2D eigenvalue weighted by Gasteiger charge is 2.29. The summed E-state index contributed by atoms with van der Waals surface area (Å²) in [6.07, 6.45) is -1.69. The lowest BCUT2D eigenvalue weighted by atomic mass is 10.1. The molecule has 0 amide bonds. The minimum atomic E-state index is -3.95. The number of halogens is 2. The minimum absolute atomic E-state index is 0.0239. The first kappa shape index (κ1) is 29.0. The molecule has 2 aromatic carbocycles. The number of anilines is 1.